The number of nitrogens with two attached hydrogens (primary N) is 1. The summed E-state index contributed by atoms with van der Waals surface area (Å²) in [6.45, 7) is 0. The lowest BCUT2D eigenvalue weighted by Gasteiger charge is -2.15. The normalized spacial score (nSPS) is 12.5. The molecule has 0 amide bonds. The minimum atomic E-state index is -0.568. The zero-order valence-electron chi connectivity index (χ0n) is 9.84. The highest BCUT2D eigenvalue weighted by atomic mass is 79.9. The first-order valence-electron chi connectivity index (χ1n) is 5.62. The smallest absolute Gasteiger partial charge is 0.129 e. The Kier molecular flexibility index (Phi) is 4.71. The van der Waals surface area contributed by atoms with Crippen molar-refractivity contribution in [2.45, 2.75) is 12.5 Å². The summed E-state index contributed by atoms with van der Waals surface area (Å²) < 4.78 is 28.9. The number of hydrogen-bond acceptors (Lipinski definition) is 1. The van der Waals surface area contributed by atoms with E-state index >= 15 is 0 Å². The van der Waals surface area contributed by atoms with E-state index in [-0.39, 0.29) is 12.0 Å². The van der Waals surface area contributed by atoms with Crippen molar-refractivity contribution in [2.75, 3.05) is 0 Å². The molecule has 0 aromatic heterocycles. The molecule has 19 heavy (non-hydrogen) atoms. The maximum absolute atomic E-state index is 13.6. The Hall–Kier alpha value is -0.780. The largest absolute Gasteiger partial charge is 0.324 e. The van der Waals surface area contributed by atoms with Crippen LogP contribution in [-0.4, -0.2) is 0 Å². The average molecular weight is 391 g/mol. The second-order valence-electron chi connectivity index (χ2n) is 4.18. The van der Waals surface area contributed by atoms with Crippen LogP contribution < -0.4 is 5.73 Å². The summed E-state index contributed by atoms with van der Waals surface area (Å²) in [5.41, 5.74) is 6.87. The molecule has 0 bridgehead atoms. The quantitative estimate of drug-likeness (QED) is 0.805. The van der Waals surface area contributed by atoms with Crippen molar-refractivity contribution in [3.05, 3.63) is 68.1 Å². The van der Waals surface area contributed by atoms with Crippen LogP contribution in [0.2, 0.25) is 0 Å². The van der Waals surface area contributed by atoms with Gasteiger partial charge in [-0.2, -0.15) is 0 Å². The molecular weight excluding hydrogens is 380 g/mol. The van der Waals surface area contributed by atoms with E-state index in [1.54, 1.807) is 0 Å². The van der Waals surface area contributed by atoms with Crippen LogP contribution in [0.3, 0.4) is 0 Å². The van der Waals surface area contributed by atoms with Gasteiger partial charge in [-0.05, 0) is 42.3 Å². The fraction of sp³-hybridized carbons (Fsp3) is 0.143. The zero-order valence-corrected chi connectivity index (χ0v) is 13.0. The van der Waals surface area contributed by atoms with Gasteiger partial charge in [0.25, 0.3) is 0 Å². The molecule has 0 aliphatic carbocycles. The molecular formula is C14H11Br2F2N. The summed E-state index contributed by atoms with van der Waals surface area (Å²) in [6, 6.07) is 8.88. The molecule has 0 heterocycles. The van der Waals surface area contributed by atoms with Crippen LogP contribution in [0.5, 0.6) is 0 Å². The van der Waals surface area contributed by atoms with Crippen LogP contribution in [0.1, 0.15) is 17.2 Å². The number of hydrogen-bond donors (Lipinski definition) is 1. The van der Waals surface area contributed by atoms with E-state index in [4.69, 9.17) is 5.73 Å². The van der Waals surface area contributed by atoms with Crippen LogP contribution in [0, 0.1) is 11.6 Å². The minimum absolute atomic E-state index is 0.0156. The van der Waals surface area contributed by atoms with Gasteiger partial charge in [-0.25, -0.2) is 8.78 Å². The lowest BCUT2D eigenvalue weighted by molar-refractivity contribution is 0.539. The Morgan fingerprint density at radius 3 is 2.32 bits per heavy atom. The minimum Gasteiger partial charge on any atom is -0.324 e. The summed E-state index contributed by atoms with van der Waals surface area (Å²) in [7, 11) is 0. The lowest BCUT2D eigenvalue weighted by atomic mass is 9.99. The molecule has 100 valence electrons. The topological polar surface area (TPSA) is 26.0 Å². The maximum Gasteiger partial charge on any atom is 0.129 e. The third kappa shape index (κ3) is 3.41. The molecule has 0 saturated heterocycles. The zero-order chi connectivity index (χ0) is 14.0. The lowest BCUT2D eigenvalue weighted by Crippen LogP contribution is -2.15. The Labute approximate surface area is 127 Å². The van der Waals surface area contributed by atoms with Crippen LogP contribution >= 0.6 is 31.9 Å². The number of rotatable bonds is 3. The SMILES string of the molecule is NC(Cc1c(F)cccc1F)c1cc(Br)ccc1Br. The van der Waals surface area contributed by atoms with E-state index in [0.29, 0.717) is 0 Å². The van der Waals surface area contributed by atoms with Crippen molar-refractivity contribution >= 4 is 31.9 Å². The molecule has 0 spiro atoms. The molecule has 2 N–H and O–H groups in total. The van der Waals surface area contributed by atoms with Gasteiger partial charge < -0.3 is 5.73 Å². The Morgan fingerprint density at radius 1 is 1.05 bits per heavy atom. The van der Waals surface area contributed by atoms with E-state index in [1.807, 2.05) is 18.2 Å². The van der Waals surface area contributed by atoms with Gasteiger partial charge >= 0.3 is 0 Å². The molecule has 0 radical (unpaired) electrons. The highest BCUT2D eigenvalue weighted by molar-refractivity contribution is 9.11. The van der Waals surface area contributed by atoms with Crippen LogP contribution in [0.15, 0.2) is 45.3 Å². The van der Waals surface area contributed by atoms with Gasteiger partial charge in [0.05, 0.1) is 0 Å². The van der Waals surface area contributed by atoms with Gasteiger partial charge in [0.2, 0.25) is 0 Å². The van der Waals surface area contributed by atoms with Crippen LogP contribution in [-0.2, 0) is 6.42 Å². The highest BCUT2D eigenvalue weighted by Gasteiger charge is 2.16. The van der Waals surface area contributed by atoms with Gasteiger partial charge in [0, 0.05) is 20.6 Å². The monoisotopic (exact) mass is 389 g/mol. The highest BCUT2D eigenvalue weighted by Crippen LogP contribution is 2.28. The van der Waals surface area contributed by atoms with E-state index in [9.17, 15) is 8.78 Å². The molecule has 1 atom stereocenters. The molecule has 1 unspecified atom stereocenters. The maximum atomic E-state index is 13.6. The van der Waals surface area contributed by atoms with Crippen molar-refractivity contribution in [1.82, 2.24) is 0 Å². The standard InChI is InChI=1S/C14H11Br2F2N/c15-8-4-5-11(16)9(6-8)14(19)7-10-12(17)2-1-3-13(10)18/h1-6,14H,7,19H2. The van der Waals surface area contributed by atoms with Gasteiger partial charge in [-0.3, -0.25) is 0 Å². The molecule has 0 saturated carbocycles. The van der Waals surface area contributed by atoms with Crippen molar-refractivity contribution in [2.24, 2.45) is 5.73 Å². The van der Waals surface area contributed by atoms with Crippen molar-refractivity contribution in [3.63, 3.8) is 0 Å². The van der Waals surface area contributed by atoms with E-state index < -0.39 is 17.7 Å². The van der Waals surface area contributed by atoms with Gasteiger partial charge in [-0.15, -0.1) is 0 Å². The van der Waals surface area contributed by atoms with Gasteiger partial charge in [0.1, 0.15) is 11.6 Å². The molecule has 2 rings (SSSR count). The Bertz CT molecular complexity index is 582. The molecule has 1 nitrogen and oxygen atoms in total. The van der Waals surface area contributed by atoms with Crippen molar-refractivity contribution in [1.29, 1.82) is 0 Å². The predicted octanol–water partition coefficient (Wildman–Crippen LogP) is 4.73. The van der Waals surface area contributed by atoms with Crippen LogP contribution in [0.4, 0.5) is 8.78 Å². The summed E-state index contributed by atoms with van der Waals surface area (Å²) >= 11 is 6.75. The van der Waals surface area contributed by atoms with Crippen molar-refractivity contribution in [3.8, 4) is 0 Å². The second kappa shape index (κ2) is 6.11. The van der Waals surface area contributed by atoms with E-state index in [1.165, 1.54) is 18.2 Å². The first kappa shape index (κ1) is 14.6. The first-order valence-corrected chi connectivity index (χ1v) is 7.21. The molecule has 2 aromatic carbocycles. The fourth-order valence-electron chi connectivity index (χ4n) is 1.86. The summed E-state index contributed by atoms with van der Waals surface area (Å²) in [6.07, 6.45) is 0.105. The number of halogens is 4. The summed E-state index contributed by atoms with van der Waals surface area (Å²) in [5.74, 6) is -1.14. The molecule has 0 fully saturated rings. The van der Waals surface area contributed by atoms with Crippen molar-refractivity contribution < 1.29 is 8.78 Å². The van der Waals surface area contributed by atoms with Gasteiger partial charge in [0.15, 0.2) is 0 Å². The molecule has 0 aliphatic heterocycles. The van der Waals surface area contributed by atoms with E-state index in [2.05, 4.69) is 31.9 Å². The van der Waals surface area contributed by atoms with Gasteiger partial charge in [-0.1, -0.05) is 37.9 Å². The summed E-state index contributed by atoms with van der Waals surface area (Å²) in [4.78, 5) is 0. The third-order valence-electron chi connectivity index (χ3n) is 2.84. The number of benzene rings is 2. The third-order valence-corrected chi connectivity index (χ3v) is 4.06. The summed E-state index contributed by atoms with van der Waals surface area (Å²) in [5, 5.41) is 0. The Morgan fingerprint density at radius 2 is 1.68 bits per heavy atom. The molecule has 2 aromatic rings. The average Bonchev–Trinajstić information content (AvgIpc) is 2.37. The van der Waals surface area contributed by atoms with E-state index in [0.717, 1.165) is 14.5 Å². The fourth-order valence-corrected chi connectivity index (χ4v) is 2.78. The van der Waals surface area contributed by atoms with Crippen LogP contribution in [0.25, 0.3) is 0 Å². The molecule has 0 aliphatic rings. The second-order valence-corrected chi connectivity index (χ2v) is 5.95. The predicted molar refractivity (Wildman–Crippen MR) is 78.8 cm³/mol. The first-order chi connectivity index (χ1) is 8.99. The Balaban J connectivity index is 2.31. The molecule has 5 heteroatoms.